The number of nitrogens with one attached hydrogen (secondary N) is 1. The van der Waals surface area contributed by atoms with E-state index in [0.29, 0.717) is 0 Å². The molecule has 0 aliphatic heterocycles. The van der Waals surface area contributed by atoms with Gasteiger partial charge in [-0.25, -0.2) is 0 Å². The van der Waals surface area contributed by atoms with Crippen LogP contribution in [0.1, 0.15) is 106 Å². The Kier molecular flexibility index (Phi) is 17.6. The van der Waals surface area contributed by atoms with Crippen molar-refractivity contribution in [2.75, 3.05) is 20.6 Å². The number of allylic oxidation sites excluding steroid dienone is 10. The Balaban J connectivity index is 4.02. The predicted octanol–water partition coefficient (Wildman–Crippen LogP) is 7.78. The Labute approximate surface area is 189 Å². The Morgan fingerprint density at radius 3 is 1.27 bits per heavy atom. The Morgan fingerprint density at radius 2 is 0.867 bits per heavy atom. The van der Waals surface area contributed by atoms with E-state index >= 15 is 0 Å². The molecule has 0 unspecified atom stereocenters. The summed E-state index contributed by atoms with van der Waals surface area (Å²) in [7, 11) is 4.46. The minimum absolute atomic E-state index is 1.17. The fourth-order valence-corrected chi connectivity index (χ4v) is 3.47. The average Bonchev–Trinajstić information content (AvgIpc) is 2.64. The first-order chi connectivity index (χ1) is 14.2. The van der Waals surface area contributed by atoms with Crippen LogP contribution in [0.5, 0.6) is 0 Å². The van der Waals surface area contributed by atoms with Crippen LogP contribution < -0.4 is 4.90 Å². The van der Waals surface area contributed by atoms with Crippen molar-refractivity contribution in [3.8, 4) is 0 Å². The molecule has 0 atom stereocenters. The normalized spacial score (nSPS) is 13.9. The van der Waals surface area contributed by atoms with Crippen LogP contribution in [0.25, 0.3) is 0 Å². The van der Waals surface area contributed by atoms with Gasteiger partial charge >= 0.3 is 0 Å². The molecular formula is C29H52N+. The molecular weight excluding hydrogens is 362 g/mol. The standard InChI is InChI=1S/C29H51N/c1-25(2)15-11-18-26(3)16-9-10-17-27(4)19-12-20-28(5)21-13-22-29(6)23-14-24-30(7)8/h15-17,20,22H,9-14,18-19,21,23-24H2,1-8H3/p+1/b26-16+,27-17+,28-20+,29-22+. The maximum atomic E-state index is 2.45. The Hall–Kier alpha value is -1.34. The molecule has 0 radical (unpaired) electrons. The number of hydrogen-bond donors (Lipinski definition) is 1. The molecule has 1 N–H and O–H groups in total. The zero-order valence-corrected chi connectivity index (χ0v) is 21.7. The SMILES string of the molecule is CC(C)=CCC/C(C)=C/CC/C=C(\C)CC/C=C(\C)CC/C=C(\C)CCC[NH+](C)C. The zero-order valence-electron chi connectivity index (χ0n) is 21.7. The summed E-state index contributed by atoms with van der Waals surface area (Å²) in [5.74, 6) is 0. The molecule has 0 aliphatic carbocycles. The fourth-order valence-electron chi connectivity index (χ4n) is 3.47. The topological polar surface area (TPSA) is 4.44 Å². The number of hydrogen-bond acceptors (Lipinski definition) is 0. The maximum absolute atomic E-state index is 2.45. The quantitative estimate of drug-likeness (QED) is 0.194. The van der Waals surface area contributed by atoms with Crippen molar-refractivity contribution >= 4 is 0 Å². The van der Waals surface area contributed by atoms with Crippen LogP contribution in [0.15, 0.2) is 58.2 Å². The van der Waals surface area contributed by atoms with Crippen LogP contribution in [-0.2, 0) is 0 Å². The van der Waals surface area contributed by atoms with Gasteiger partial charge in [0.2, 0.25) is 0 Å². The predicted molar refractivity (Wildman–Crippen MR) is 138 cm³/mol. The van der Waals surface area contributed by atoms with Gasteiger partial charge in [0, 0.05) is 6.42 Å². The maximum Gasteiger partial charge on any atom is 0.0769 e. The monoisotopic (exact) mass is 414 g/mol. The first kappa shape index (κ1) is 28.7. The van der Waals surface area contributed by atoms with E-state index in [0.717, 1.165) is 0 Å². The lowest BCUT2D eigenvalue weighted by atomic mass is 10.0. The lowest BCUT2D eigenvalue weighted by molar-refractivity contribution is -0.858. The molecule has 0 saturated carbocycles. The van der Waals surface area contributed by atoms with Crippen LogP contribution >= 0.6 is 0 Å². The van der Waals surface area contributed by atoms with Gasteiger partial charge in [-0.3, -0.25) is 0 Å². The Bertz CT molecular complexity index is 592. The summed E-state index contributed by atoms with van der Waals surface area (Å²) in [4.78, 5) is 1.55. The number of rotatable bonds is 16. The van der Waals surface area contributed by atoms with E-state index in [2.05, 4.69) is 86.0 Å². The van der Waals surface area contributed by atoms with Crippen molar-refractivity contribution in [3.05, 3.63) is 58.2 Å². The number of unbranched alkanes of at least 4 members (excludes halogenated alkanes) is 1. The summed E-state index contributed by atoms with van der Waals surface area (Å²) in [5, 5.41) is 0. The van der Waals surface area contributed by atoms with E-state index in [1.54, 1.807) is 16.0 Å². The van der Waals surface area contributed by atoms with Crippen molar-refractivity contribution in [2.45, 2.75) is 106 Å². The van der Waals surface area contributed by atoms with Gasteiger partial charge in [-0.05, 0) is 99.3 Å². The second-order valence-electron chi connectivity index (χ2n) is 9.74. The lowest BCUT2D eigenvalue weighted by Gasteiger charge is -2.07. The molecule has 0 amide bonds. The highest BCUT2D eigenvalue weighted by molar-refractivity contribution is 5.07. The van der Waals surface area contributed by atoms with Gasteiger partial charge in [-0.1, -0.05) is 58.2 Å². The van der Waals surface area contributed by atoms with Crippen molar-refractivity contribution in [3.63, 3.8) is 0 Å². The highest BCUT2D eigenvalue weighted by Gasteiger charge is 1.96. The van der Waals surface area contributed by atoms with Gasteiger partial charge in [0.15, 0.2) is 0 Å². The summed E-state index contributed by atoms with van der Waals surface area (Å²) in [6.07, 6.45) is 24.1. The first-order valence-corrected chi connectivity index (χ1v) is 12.3. The van der Waals surface area contributed by atoms with Crippen molar-refractivity contribution < 1.29 is 4.90 Å². The summed E-state index contributed by atoms with van der Waals surface area (Å²) in [5.41, 5.74) is 7.59. The van der Waals surface area contributed by atoms with E-state index < -0.39 is 0 Å². The molecule has 30 heavy (non-hydrogen) atoms. The third kappa shape index (κ3) is 20.0. The number of quaternary nitrogens is 1. The van der Waals surface area contributed by atoms with Gasteiger partial charge < -0.3 is 4.90 Å². The van der Waals surface area contributed by atoms with E-state index in [-0.39, 0.29) is 0 Å². The van der Waals surface area contributed by atoms with Crippen molar-refractivity contribution in [1.29, 1.82) is 0 Å². The minimum atomic E-state index is 1.17. The zero-order chi connectivity index (χ0) is 22.8. The molecule has 0 fully saturated rings. The highest BCUT2D eigenvalue weighted by atomic mass is 15.0. The lowest BCUT2D eigenvalue weighted by Crippen LogP contribution is -3.05. The van der Waals surface area contributed by atoms with Crippen molar-refractivity contribution in [2.24, 2.45) is 0 Å². The van der Waals surface area contributed by atoms with Gasteiger partial charge in [-0.15, -0.1) is 0 Å². The van der Waals surface area contributed by atoms with Gasteiger partial charge in [0.25, 0.3) is 0 Å². The largest absolute Gasteiger partial charge is 0.340 e. The van der Waals surface area contributed by atoms with Crippen LogP contribution in [0.4, 0.5) is 0 Å². The molecule has 0 spiro atoms. The van der Waals surface area contributed by atoms with Crippen LogP contribution in [0.3, 0.4) is 0 Å². The van der Waals surface area contributed by atoms with E-state index in [4.69, 9.17) is 0 Å². The minimum Gasteiger partial charge on any atom is -0.340 e. The van der Waals surface area contributed by atoms with Gasteiger partial charge in [-0.2, -0.15) is 0 Å². The molecule has 1 nitrogen and oxygen atoms in total. The smallest absolute Gasteiger partial charge is 0.0769 e. The second kappa shape index (κ2) is 18.4. The van der Waals surface area contributed by atoms with Crippen LogP contribution in [0.2, 0.25) is 0 Å². The molecule has 172 valence electrons. The third-order valence-corrected chi connectivity index (χ3v) is 5.55. The average molecular weight is 415 g/mol. The third-order valence-electron chi connectivity index (χ3n) is 5.55. The second-order valence-corrected chi connectivity index (χ2v) is 9.74. The Morgan fingerprint density at radius 1 is 0.500 bits per heavy atom. The molecule has 1 heteroatoms. The van der Waals surface area contributed by atoms with Gasteiger partial charge in [0.05, 0.1) is 20.6 Å². The summed E-state index contributed by atoms with van der Waals surface area (Å²) in [6, 6.07) is 0. The summed E-state index contributed by atoms with van der Waals surface area (Å²) < 4.78 is 0. The van der Waals surface area contributed by atoms with E-state index in [1.807, 2.05) is 0 Å². The first-order valence-electron chi connectivity index (χ1n) is 12.3. The molecule has 0 rings (SSSR count). The molecule has 0 aliphatic rings. The van der Waals surface area contributed by atoms with Crippen molar-refractivity contribution in [1.82, 2.24) is 0 Å². The molecule has 0 heterocycles. The molecule has 0 aromatic carbocycles. The fraction of sp³-hybridized carbons (Fsp3) is 0.655. The highest BCUT2D eigenvalue weighted by Crippen LogP contribution is 2.14. The van der Waals surface area contributed by atoms with E-state index in [9.17, 15) is 0 Å². The molecule has 0 aromatic heterocycles. The van der Waals surface area contributed by atoms with Crippen LogP contribution in [-0.4, -0.2) is 20.6 Å². The molecule has 0 aromatic rings. The summed E-state index contributed by atoms with van der Waals surface area (Å²) >= 11 is 0. The van der Waals surface area contributed by atoms with Gasteiger partial charge in [0.1, 0.15) is 0 Å². The molecule has 0 saturated heterocycles. The molecule has 0 bridgehead atoms. The summed E-state index contributed by atoms with van der Waals surface area (Å²) in [6.45, 7) is 14.8. The van der Waals surface area contributed by atoms with E-state index in [1.165, 1.54) is 87.5 Å². The van der Waals surface area contributed by atoms with Crippen LogP contribution in [0, 0.1) is 0 Å².